The van der Waals surface area contributed by atoms with Crippen molar-refractivity contribution in [2.75, 3.05) is 13.2 Å². The van der Waals surface area contributed by atoms with Crippen LogP contribution in [0.15, 0.2) is 0 Å². The molecule has 0 bridgehead atoms. The second kappa shape index (κ2) is 3.69. The molecule has 0 radical (unpaired) electrons. The number of carboxylic acids is 1. The SMILES string of the molecule is O=C(O)[C@H]1C[C@H](CCO)CN1. The molecule has 1 aliphatic rings. The fraction of sp³-hybridized carbons (Fsp3) is 0.857. The lowest BCUT2D eigenvalue weighted by Gasteiger charge is -2.03. The maximum Gasteiger partial charge on any atom is 0.320 e. The molecular weight excluding hydrogens is 146 g/mol. The number of rotatable bonds is 3. The first kappa shape index (κ1) is 8.49. The van der Waals surface area contributed by atoms with Crippen molar-refractivity contribution < 1.29 is 15.0 Å². The summed E-state index contributed by atoms with van der Waals surface area (Å²) in [5, 5.41) is 20.0. The zero-order valence-corrected chi connectivity index (χ0v) is 6.29. The van der Waals surface area contributed by atoms with Gasteiger partial charge in [0.2, 0.25) is 0 Å². The molecule has 0 aromatic carbocycles. The lowest BCUT2D eigenvalue weighted by Crippen LogP contribution is -2.29. The van der Waals surface area contributed by atoms with Gasteiger partial charge < -0.3 is 15.5 Å². The van der Waals surface area contributed by atoms with E-state index >= 15 is 0 Å². The van der Waals surface area contributed by atoms with E-state index in [1.165, 1.54) is 0 Å². The van der Waals surface area contributed by atoms with Gasteiger partial charge >= 0.3 is 5.97 Å². The Morgan fingerprint density at radius 3 is 2.82 bits per heavy atom. The van der Waals surface area contributed by atoms with Crippen LogP contribution in [0.25, 0.3) is 0 Å². The summed E-state index contributed by atoms with van der Waals surface area (Å²) in [7, 11) is 0. The summed E-state index contributed by atoms with van der Waals surface area (Å²) in [6.07, 6.45) is 1.35. The molecule has 1 fully saturated rings. The zero-order valence-electron chi connectivity index (χ0n) is 6.29. The van der Waals surface area contributed by atoms with E-state index < -0.39 is 12.0 Å². The van der Waals surface area contributed by atoms with Crippen molar-refractivity contribution >= 4 is 5.97 Å². The normalized spacial score (nSPS) is 30.6. The molecule has 1 heterocycles. The first-order valence-electron chi connectivity index (χ1n) is 3.81. The topological polar surface area (TPSA) is 69.6 Å². The van der Waals surface area contributed by atoms with Crippen molar-refractivity contribution in [2.24, 2.45) is 5.92 Å². The molecule has 0 aromatic heterocycles. The Balaban J connectivity index is 2.29. The second-order valence-corrected chi connectivity index (χ2v) is 2.91. The van der Waals surface area contributed by atoms with Crippen LogP contribution in [-0.4, -0.2) is 35.4 Å². The van der Waals surface area contributed by atoms with Crippen LogP contribution in [0.2, 0.25) is 0 Å². The molecule has 64 valence electrons. The van der Waals surface area contributed by atoms with E-state index in [9.17, 15) is 4.79 Å². The first-order chi connectivity index (χ1) is 5.24. The highest BCUT2D eigenvalue weighted by atomic mass is 16.4. The van der Waals surface area contributed by atoms with Crippen molar-refractivity contribution in [3.8, 4) is 0 Å². The molecule has 1 rings (SSSR count). The number of aliphatic hydroxyl groups is 1. The van der Waals surface area contributed by atoms with Crippen LogP contribution >= 0.6 is 0 Å². The van der Waals surface area contributed by atoms with Gasteiger partial charge in [-0.3, -0.25) is 4.79 Å². The summed E-state index contributed by atoms with van der Waals surface area (Å²) in [4.78, 5) is 10.4. The lowest BCUT2D eigenvalue weighted by atomic mass is 10.0. The smallest absolute Gasteiger partial charge is 0.320 e. The van der Waals surface area contributed by atoms with Crippen molar-refractivity contribution in [1.29, 1.82) is 0 Å². The Morgan fingerprint density at radius 1 is 1.64 bits per heavy atom. The van der Waals surface area contributed by atoms with Crippen LogP contribution < -0.4 is 5.32 Å². The summed E-state index contributed by atoms with van der Waals surface area (Å²) in [5.74, 6) is -0.452. The Morgan fingerprint density at radius 2 is 2.36 bits per heavy atom. The zero-order chi connectivity index (χ0) is 8.27. The summed E-state index contributed by atoms with van der Waals surface area (Å²) in [6, 6.07) is -0.397. The fourth-order valence-corrected chi connectivity index (χ4v) is 1.40. The molecule has 0 unspecified atom stereocenters. The van der Waals surface area contributed by atoms with Gasteiger partial charge in [0, 0.05) is 6.61 Å². The maximum absolute atomic E-state index is 10.4. The standard InChI is InChI=1S/C7H13NO3/c9-2-1-5-3-6(7(10)11)8-4-5/h5-6,8-9H,1-4H2,(H,10,11)/t5-,6+/m0/s1. The summed E-state index contributed by atoms with van der Waals surface area (Å²) in [6.45, 7) is 0.871. The molecule has 1 aliphatic heterocycles. The van der Waals surface area contributed by atoms with Gasteiger partial charge in [-0.15, -0.1) is 0 Å². The molecule has 2 atom stereocenters. The van der Waals surface area contributed by atoms with Gasteiger partial charge in [-0.2, -0.15) is 0 Å². The minimum Gasteiger partial charge on any atom is -0.480 e. The Bertz CT molecular complexity index is 149. The number of aliphatic hydroxyl groups excluding tert-OH is 1. The van der Waals surface area contributed by atoms with Gasteiger partial charge in [-0.1, -0.05) is 0 Å². The molecule has 4 nitrogen and oxygen atoms in total. The quantitative estimate of drug-likeness (QED) is 0.516. The molecule has 0 saturated carbocycles. The number of nitrogens with one attached hydrogen (secondary N) is 1. The Kier molecular flexibility index (Phi) is 2.84. The van der Waals surface area contributed by atoms with E-state index in [4.69, 9.17) is 10.2 Å². The van der Waals surface area contributed by atoms with Gasteiger partial charge in [0.1, 0.15) is 6.04 Å². The van der Waals surface area contributed by atoms with Crippen LogP contribution in [0.4, 0.5) is 0 Å². The van der Waals surface area contributed by atoms with Gasteiger partial charge in [-0.25, -0.2) is 0 Å². The van der Waals surface area contributed by atoms with Crippen molar-refractivity contribution in [2.45, 2.75) is 18.9 Å². The van der Waals surface area contributed by atoms with Gasteiger partial charge in [0.05, 0.1) is 0 Å². The number of aliphatic carboxylic acids is 1. The molecule has 0 spiro atoms. The third-order valence-electron chi connectivity index (χ3n) is 2.06. The van der Waals surface area contributed by atoms with E-state index in [0.717, 1.165) is 6.54 Å². The minimum atomic E-state index is -0.787. The molecule has 4 heteroatoms. The lowest BCUT2D eigenvalue weighted by molar-refractivity contribution is -0.139. The number of carboxylic acid groups (broad SMARTS) is 1. The van der Waals surface area contributed by atoms with Crippen LogP contribution in [0, 0.1) is 5.92 Å². The molecule has 0 amide bonds. The highest BCUT2D eigenvalue weighted by Crippen LogP contribution is 2.16. The average molecular weight is 159 g/mol. The van der Waals surface area contributed by atoms with Gasteiger partial charge in [-0.05, 0) is 25.3 Å². The summed E-state index contributed by atoms with van der Waals surface area (Å²) < 4.78 is 0. The molecule has 11 heavy (non-hydrogen) atoms. The molecular formula is C7H13NO3. The molecule has 1 saturated heterocycles. The monoisotopic (exact) mass is 159 g/mol. The molecule has 3 N–H and O–H groups in total. The maximum atomic E-state index is 10.4. The number of hydrogen-bond donors (Lipinski definition) is 3. The largest absolute Gasteiger partial charge is 0.480 e. The van der Waals surface area contributed by atoms with Crippen LogP contribution in [0.1, 0.15) is 12.8 Å². The first-order valence-corrected chi connectivity index (χ1v) is 3.81. The minimum absolute atomic E-state index is 0.151. The van der Waals surface area contributed by atoms with Crippen LogP contribution in [0.3, 0.4) is 0 Å². The molecule has 0 aromatic rings. The Labute approximate surface area is 65.2 Å². The van der Waals surface area contributed by atoms with Crippen LogP contribution in [-0.2, 0) is 4.79 Å². The average Bonchev–Trinajstić information content (AvgIpc) is 2.37. The van der Waals surface area contributed by atoms with Crippen molar-refractivity contribution in [1.82, 2.24) is 5.32 Å². The third-order valence-corrected chi connectivity index (χ3v) is 2.06. The van der Waals surface area contributed by atoms with Crippen LogP contribution in [0.5, 0.6) is 0 Å². The number of hydrogen-bond acceptors (Lipinski definition) is 3. The van der Waals surface area contributed by atoms with Crippen molar-refractivity contribution in [3.05, 3.63) is 0 Å². The second-order valence-electron chi connectivity index (χ2n) is 2.91. The Hall–Kier alpha value is -0.610. The predicted molar refractivity (Wildman–Crippen MR) is 39.2 cm³/mol. The van der Waals surface area contributed by atoms with E-state index in [2.05, 4.69) is 5.32 Å². The summed E-state index contributed by atoms with van der Waals surface area (Å²) >= 11 is 0. The van der Waals surface area contributed by atoms with Gasteiger partial charge in [0.25, 0.3) is 0 Å². The highest BCUT2D eigenvalue weighted by Gasteiger charge is 2.28. The van der Waals surface area contributed by atoms with Gasteiger partial charge in [0.15, 0.2) is 0 Å². The van der Waals surface area contributed by atoms with Crippen molar-refractivity contribution in [3.63, 3.8) is 0 Å². The highest BCUT2D eigenvalue weighted by molar-refractivity contribution is 5.73. The van der Waals surface area contributed by atoms with E-state index in [1.807, 2.05) is 0 Å². The molecule has 0 aliphatic carbocycles. The predicted octanol–water partition coefficient (Wildman–Crippen LogP) is -0.569. The van der Waals surface area contributed by atoms with E-state index in [0.29, 0.717) is 18.8 Å². The fourth-order valence-electron chi connectivity index (χ4n) is 1.40. The van der Waals surface area contributed by atoms with E-state index in [-0.39, 0.29) is 6.61 Å². The number of carbonyl (C=O) groups is 1. The summed E-state index contributed by atoms with van der Waals surface area (Å²) in [5.41, 5.74) is 0. The van der Waals surface area contributed by atoms with E-state index in [1.54, 1.807) is 0 Å². The third kappa shape index (κ3) is 2.17.